The van der Waals surface area contributed by atoms with E-state index in [9.17, 15) is 9.59 Å². The molecule has 0 atom stereocenters. The molecule has 2 heterocycles. The van der Waals surface area contributed by atoms with E-state index in [0.29, 0.717) is 20.5 Å². The van der Waals surface area contributed by atoms with Crippen LogP contribution in [0.2, 0.25) is 5.02 Å². The Balaban J connectivity index is 1.24. The minimum atomic E-state index is -0.527. The number of nitrogens with zero attached hydrogens (tertiary/aromatic N) is 2. The van der Waals surface area contributed by atoms with Crippen molar-refractivity contribution < 1.29 is 14.3 Å². The Morgan fingerprint density at radius 3 is 2.38 bits per heavy atom. The highest BCUT2D eigenvalue weighted by molar-refractivity contribution is 7.99. The first kappa shape index (κ1) is 27.7. The highest BCUT2D eigenvalue weighted by Crippen LogP contribution is 2.44. The van der Waals surface area contributed by atoms with Crippen LogP contribution in [0, 0.1) is 6.92 Å². The average Bonchev–Trinajstić information content (AvgIpc) is 3.34. The number of ether oxygens (including phenoxy) is 1. The number of rotatable bonds is 8. The SMILES string of the molecule is Cc1cc(-c2cc(Cl)c(Sc3ncccc3C=O)c(CNC(=O)OCC3c4ccccc4-c4ccccc43)c2)ccn1. The second kappa shape index (κ2) is 12.2. The summed E-state index contributed by atoms with van der Waals surface area (Å²) in [5.41, 5.74) is 8.60. The Bertz CT molecular complexity index is 1760. The lowest BCUT2D eigenvalue weighted by molar-refractivity contribution is 0.112. The van der Waals surface area contributed by atoms with Crippen LogP contribution in [0.15, 0.2) is 107 Å². The fourth-order valence-corrected chi connectivity index (χ4v) is 6.59. The van der Waals surface area contributed by atoms with E-state index in [0.717, 1.165) is 39.8 Å². The fraction of sp³-hybridized carbons (Fsp3) is 0.118. The number of aryl methyl sites for hydroxylation is 1. The predicted molar refractivity (Wildman–Crippen MR) is 165 cm³/mol. The van der Waals surface area contributed by atoms with Gasteiger partial charge in [-0.1, -0.05) is 71.9 Å². The van der Waals surface area contributed by atoms with Gasteiger partial charge in [0.15, 0.2) is 6.29 Å². The van der Waals surface area contributed by atoms with Crippen molar-refractivity contribution in [1.29, 1.82) is 0 Å². The number of nitrogens with one attached hydrogen (secondary N) is 1. The fourth-order valence-electron chi connectivity index (χ4n) is 5.28. The molecule has 6 rings (SSSR count). The number of carbonyl (C=O) groups is 2. The minimum absolute atomic E-state index is 0.0344. The van der Waals surface area contributed by atoms with E-state index in [1.54, 1.807) is 24.5 Å². The van der Waals surface area contributed by atoms with Gasteiger partial charge >= 0.3 is 6.09 Å². The van der Waals surface area contributed by atoms with Crippen LogP contribution in [0.4, 0.5) is 4.79 Å². The molecule has 0 radical (unpaired) electrons. The lowest BCUT2D eigenvalue weighted by atomic mass is 9.98. The largest absolute Gasteiger partial charge is 0.449 e. The molecule has 5 aromatic rings. The van der Waals surface area contributed by atoms with Gasteiger partial charge in [-0.15, -0.1) is 0 Å². The number of amides is 1. The number of benzene rings is 3. The molecule has 0 fully saturated rings. The summed E-state index contributed by atoms with van der Waals surface area (Å²) in [7, 11) is 0. The number of fused-ring (bicyclic) bond motifs is 3. The molecule has 208 valence electrons. The zero-order chi connectivity index (χ0) is 29.1. The number of carbonyl (C=O) groups excluding carboxylic acids is 2. The van der Waals surface area contributed by atoms with Crippen LogP contribution in [0.3, 0.4) is 0 Å². The van der Waals surface area contributed by atoms with Gasteiger partial charge < -0.3 is 10.1 Å². The first-order chi connectivity index (χ1) is 20.5. The van der Waals surface area contributed by atoms with Crippen LogP contribution in [0.1, 0.15) is 38.7 Å². The van der Waals surface area contributed by atoms with Crippen molar-refractivity contribution in [3.05, 3.63) is 130 Å². The van der Waals surface area contributed by atoms with Gasteiger partial charge in [0, 0.05) is 41.0 Å². The molecule has 0 saturated heterocycles. The van der Waals surface area contributed by atoms with Crippen molar-refractivity contribution in [2.75, 3.05) is 6.61 Å². The molecule has 1 N–H and O–H groups in total. The highest BCUT2D eigenvalue weighted by Gasteiger charge is 2.29. The van der Waals surface area contributed by atoms with Crippen LogP contribution in [-0.2, 0) is 11.3 Å². The Morgan fingerprint density at radius 2 is 1.67 bits per heavy atom. The maximum atomic E-state index is 13.0. The van der Waals surface area contributed by atoms with Crippen molar-refractivity contribution in [2.24, 2.45) is 0 Å². The smallest absolute Gasteiger partial charge is 0.407 e. The van der Waals surface area contributed by atoms with E-state index < -0.39 is 6.09 Å². The van der Waals surface area contributed by atoms with Crippen LogP contribution < -0.4 is 5.32 Å². The van der Waals surface area contributed by atoms with Gasteiger partial charge in [-0.25, -0.2) is 9.78 Å². The van der Waals surface area contributed by atoms with E-state index in [1.807, 2.05) is 55.5 Å². The van der Waals surface area contributed by atoms with Gasteiger partial charge in [0.1, 0.15) is 11.6 Å². The van der Waals surface area contributed by atoms with Gasteiger partial charge in [-0.2, -0.15) is 0 Å². The summed E-state index contributed by atoms with van der Waals surface area (Å²) in [5, 5.41) is 3.92. The molecule has 1 aliphatic rings. The summed E-state index contributed by atoms with van der Waals surface area (Å²) < 4.78 is 5.76. The molecular weight excluding hydrogens is 566 g/mol. The van der Waals surface area contributed by atoms with Crippen LogP contribution in [0.25, 0.3) is 22.3 Å². The first-order valence-corrected chi connectivity index (χ1v) is 14.6. The number of aldehydes is 1. The van der Waals surface area contributed by atoms with Crippen molar-refractivity contribution in [1.82, 2.24) is 15.3 Å². The van der Waals surface area contributed by atoms with Crippen LogP contribution in [0.5, 0.6) is 0 Å². The summed E-state index contributed by atoms with van der Waals surface area (Å²) in [4.78, 5) is 34.0. The van der Waals surface area contributed by atoms with Crippen molar-refractivity contribution >= 4 is 35.7 Å². The van der Waals surface area contributed by atoms with Crippen LogP contribution in [-0.4, -0.2) is 29.0 Å². The number of alkyl carbamates (subject to hydrolysis) is 1. The quantitative estimate of drug-likeness (QED) is 0.184. The highest BCUT2D eigenvalue weighted by atomic mass is 35.5. The minimum Gasteiger partial charge on any atom is -0.449 e. The molecule has 0 unspecified atom stereocenters. The predicted octanol–water partition coefficient (Wildman–Crippen LogP) is 8.11. The third-order valence-electron chi connectivity index (χ3n) is 7.24. The molecule has 42 heavy (non-hydrogen) atoms. The second-order valence-electron chi connectivity index (χ2n) is 9.93. The first-order valence-electron chi connectivity index (χ1n) is 13.4. The molecule has 0 bridgehead atoms. The maximum Gasteiger partial charge on any atom is 0.407 e. The van der Waals surface area contributed by atoms with Gasteiger partial charge in [-0.3, -0.25) is 9.78 Å². The molecule has 0 spiro atoms. The molecule has 1 aliphatic carbocycles. The molecule has 0 aliphatic heterocycles. The second-order valence-corrected chi connectivity index (χ2v) is 11.3. The number of halogens is 1. The standard InChI is InChI=1S/C34H26ClN3O3S/c1-21-15-22(12-14-36-21)24-16-25(32(31(35)17-24)42-33-23(19-39)7-6-13-37-33)18-38-34(40)41-20-30-28-10-4-2-8-26(28)27-9-3-5-11-29(27)30/h2-17,19,30H,18,20H2,1H3,(H,38,40). The van der Waals surface area contributed by atoms with Crippen molar-refractivity contribution in [3.8, 4) is 22.3 Å². The number of hydrogen-bond donors (Lipinski definition) is 1. The Labute approximate surface area is 253 Å². The number of hydrogen-bond acceptors (Lipinski definition) is 6. The lowest BCUT2D eigenvalue weighted by Crippen LogP contribution is -2.26. The third kappa shape index (κ3) is 5.66. The average molecular weight is 592 g/mol. The number of pyridine rings is 2. The third-order valence-corrected chi connectivity index (χ3v) is 8.87. The summed E-state index contributed by atoms with van der Waals surface area (Å²) in [6.07, 6.45) is 3.62. The lowest BCUT2D eigenvalue weighted by Gasteiger charge is -2.17. The Hall–Kier alpha value is -4.46. The topological polar surface area (TPSA) is 81.2 Å². The van der Waals surface area contributed by atoms with Gasteiger partial charge in [0.05, 0.1) is 5.02 Å². The summed E-state index contributed by atoms with van der Waals surface area (Å²) >= 11 is 8.12. The zero-order valence-electron chi connectivity index (χ0n) is 22.7. The van der Waals surface area contributed by atoms with Crippen LogP contribution >= 0.6 is 23.4 Å². The van der Waals surface area contributed by atoms with Gasteiger partial charge in [0.2, 0.25) is 0 Å². The summed E-state index contributed by atoms with van der Waals surface area (Å²) in [5.74, 6) is -0.0344. The molecule has 2 aromatic heterocycles. The van der Waals surface area contributed by atoms with Gasteiger partial charge in [-0.05, 0) is 82.3 Å². The molecule has 0 saturated carbocycles. The number of aromatic nitrogens is 2. The van der Waals surface area contributed by atoms with E-state index >= 15 is 0 Å². The molecule has 8 heteroatoms. The van der Waals surface area contributed by atoms with Crippen molar-refractivity contribution in [3.63, 3.8) is 0 Å². The van der Waals surface area contributed by atoms with E-state index in [4.69, 9.17) is 16.3 Å². The molecule has 6 nitrogen and oxygen atoms in total. The molecule has 3 aromatic carbocycles. The Morgan fingerprint density at radius 1 is 0.929 bits per heavy atom. The summed E-state index contributed by atoms with van der Waals surface area (Å²) in [6.45, 7) is 2.31. The van der Waals surface area contributed by atoms with E-state index in [2.05, 4.69) is 39.6 Å². The van der Waals surface area contributed by atoms with Crippen molar-refractivity contribution in [2.45, 2.75) is 29.3 Å². The summed E-state index contributed by atoms with van der Waals surface area (Å²) in [6, 6.07) is 27.6. The molecular formula is C34H26ClN3O3S. The zero-order valence-corrected chi connectivity index (χ0v) is 24.3. The normalized spacial score (nSPS) is 12.0. The monoisotopic (exact) mass is 591 g/mol. The Kier molecular flexibility index (Phi) is 8.04. The van der Waals surface area contributed by atoms with E-state index in [1.165, 1.54) is 22.9 Å². The van der Waals surface area contributed by atoms with E-state index in [-0.39, 0.29) is 19.1 Å². The van der Waals surface area contributed by atoms with Gasteiger partial charge in [0.25, 0.3) is 0 Å². The molecule has 1 amide bonds. The maximum absolute atomic E-state index is 13.0.